The van der Waals surface area contributed by atoms with Gasteiger partial charge in [-0.3, -0.25) is 4.79 Å². The summed E-state index contributed by atoms with van der Waals surface area (Å²) >= 11 is 5.96. The number of carbonyl (C=O) groups excluding carboxylic acids is 2. The fourth-order valence-corrected chi connectivity index (χ4v) is 3.17. The number of ether oxygens (including phenoxy) is 1. The molecule has 0 fully saturated rings. The molecule has 0 spiro atoms. The van der Waals surface area contributed by atoms with Crippen molar-refractivity contribution in [2.24, 2.45) is 5.10 Å². The van der Waals surface area contributed by atoms with Gasteiger partial charge in [-0.25, -0.2) is 9.80 Å². The summed E-state index contributed by atoms with van der Waals surface area (Å²) in [7, 11) is 0. The molecule has 3 heterocycles. The summed E-state index contributed by atoms with van der Waals surface area (Å²) in [5, 5.41) is 6.37. The van der Waals surface area contributed by atoms with Crippen molar-refractivity contribution in [3.05, 3.63) is 89.2 Å². The first-order chi connectivity index (χ1) is 14.6. The van der Waals surface area contributed by atoms with Crippen LogP contribution in [0.3, 0.4) is 0 Å². The number of hydrazone groups is 1. The molecule has 2 aromatic heterocycles. The first-order valence-electron chi connectivity index (χ1n) is 9.17. The fourth-order valence-electron chi connectivity index (χ4n) is 3.04. The minimum atomic E-state index is -0.657. The largest absolute Gasteiger partial charge is 0.467 e. The van der Waals surface area contributed by atoms with Gasteiger partial charge < -0.3 is 13.6 Å². The summed E-state index contributed by atoms with van der Waals surface area (Å²) in [5.41, 5.74) is 1.56. The van der Waals surface area contributed by atoms with E-state index < -0.39 is 24.5 Å². The smallest absolute Gasteiger partial charge is 0.331 e. The Balaban J connectivity index is 1.46. The highest BCUT2D eigenvalue weighted by Crippen LogP contribution is 2.33. The van der Waals surface area contributed by atoms with E-state index in [4.69, 9.17) is 25.2 Å². The number of benzene rings is 1. The molecule has 4 rings (SSSR count). The van der Waals surface area contributed by atoms with Gasteiger partial charge in [0.2, 0.25) is 0 Å². The topological polar surface area (TPSA) is 85.2 Å². The molecule has 0 saturated heterocycles. The average Bonchev–Trinajstić information content (AvgIpc) is 3.52. The van der Waals surface area contributed by atoms with Crippen molar-refractivity contribution >= 4 is 35.3 Å². The summed E-state index contributed by atoms with van der Waals surface area (Å²) < 4.78 is 15.7. The molecule has 1 aliphatic heterocycles. The molecule has 0 saturated carbocycles. The molecular weight excluding hydrogens is 408 g/mol. The highest BCUT2D eigenvalue weighted by Gasteiger charge is 2.35. The molecule has 0 radical (unpaired) electrons. The zero-order valence-electron chi connectivity index (χ0n) is 15.7. The molecule has 0 N–H and O–H groups in total. The number of esters is 1. The molecule has 7 nitrogen and oxygen atoms in total. The Kier molecular flexibility index (Phi) is 5.81. The standard InChI is InChI=1S/C22H17ClN2O5/c23-16-7-5-15(6-8-16)18-13-19(20-4-2-12-29-20)25(24-18)21(26)14-30-22(27)10-9-17-3-1-11-28-17/h1-12,19H,13-14H2/b10-9+/t19-/m1/s1. The van der Waals surface area contributed by atoms with Crippen LogP contribution in [0.5, 0.6) is 0 Å². The molecule has 0 bridgehead atoms. The zero-order valence-corrected chi connectivity index (χ0v) is 16.5. The second-order valence-corrected chi connectivity index (χ2v) is 6.92. The number of hydrogen-bond donors (Lipinski definition) is 0. The number of carbonyl (C=O) groups is 2. The first-order valence-corrected chi connectivity index (χ1v) is 9.55. The van der Waals surface area contributed by atoms with Crippen molar-refractivity contribution in [1.82, 2.24) is 5.01 Å². The molecular formula is C22H17ClN2O5. The Hall–Kier alpha value is -3.58. The second-order valence-electron chi connectivity index (χ2n) is 6.48. The summed E-state index contributed by atoms with van der Waals surface area (Å²) in [6.45, 7) is -0.448. The molecule has 30 heavy (non-hydrogen) atoms. The monoisotopic (exact) mass is 424 g/mol. The van der Waals surface area contributed by atoms with E-state index in [1.165, 1.54) is 29.7 Å². The lowest BCUT2D eigenvalue weighted by molar-refractivity contribution is -0.149. The van der Waals surface area contributed by atoms with Crippen LogP contribution in [-0.2, 0) is 14.3 Å². The third-order valence-corrected chi connectivity index (χ3v) is 4.73. The number of furan rings is 2. The SMILES string of the molecule is O=C(/C=C/c1ccco1)OCC(=O)N1N=C(c2ccc(Cl)cc2)C[C@@H]1c1ccco1. The zero-order chi connectivity index (χ0) is 20.9. The summed E-state index contributed by atoms with van der Waals surface area (Å²) in [4.78, 5) is 24.7. The predicted octanol–water partition coefficient (Wildman–Crippen LogP) is 4.46. The van der Waals surface area contributed by atoms with E-state index in [0.717, 1.165) is 5.56 Å². The maximum Gasteiger partial charge on any atom is 0.331 e. The Bertz CT molecular complexity index is 1070. The number of rotatable bonds is 6. The van der Waals surface area contributed by atoms with Crippen molar-refractivity contribution in [2.45, 2.75) is 12.5 Å². The van der Waals surface area contributed by atoms with Gasteiger partial charge in [0.15, 0.2) is 6.61 Å². The van der Waals surface area contributed by atoms with Crippen molar-refractivity contribution in [2.75, 3.05) is 6.61 Å². The van der Waals surface area contributed by atoms with Gasteiger partial charge in [-0.2, -0.15) is 5.10 Å². The molecule has 0 aliphatic carbocycles. The van der Waals surface area contributed by atoms with Gasteiger partial charge in [-0.15, -0.1) is 0 Å². The normalized spacial score (nSPS) is 16.1. The van der Waals surface area contributed by atoms with E-state index in [9.17, 15) is 9.59 Å². The molecule has 1 aromatic carbocycles. The van der Waals surface area contributed by atoms with Gasteiger partial charge in [0.25, 0.3) is 5.91 Å². The van der Waals surface area contributed by atoms with E-state index in [1.807, 2.05) is 12.1 Å². The highest BCUT2D eigenvalue weighted by atomic mass is 35.5. The lowest BCUT2D eigenvalue weighted by atomic mass is 10.0. The van der Waals surface area contributed by atoms with Crippen LogP contribution in [0.4, 0.5) is 0 Å². The fraction of sp³-hybridized carbons (Fsp3) is 0.136. The molecule has 0 unspecified atom stereocenters. The van der Waals surface area contributed by atoms with Crippen LogP contribution in [0.2, 0.25) is 5.02 Å². The van der Waals surface area contributed by atoms with Crippen LogP contribution in [0.25, 0.3) is 6.08 Å². The van der Waals surface area contributed by atoms with E-state index in [-0.39, 0.29) is 0 Å². The van der Waals surface area contributed by atoms with Crippen LogP contribution in [0, 0.1) is 0 Å². The predicted molar refractivity (Wildman–Crippen MR) is 110 cm³/mol. The maximum atomic E-state index is 12.8. The maximum absolute atomic E-state index is 12.8. The van der Waals surface area contributed by atoms with Crippen molar-refractivity contribution in [3.63, 3.8) is 0 Å². The Labute approximate surface area is 177 Å². The number of nitrogens with zero attached hydrogens (tertiary/aromatic N) is 2. The van der Waals surface area contributed by atoms with Gasteiger partial charge in [0.1, 0.15) is 17.6 Å². The van der Waals surface area contributed by atoms with Crippen LogP contribution in [0.15, 0.2) is 81.1 Å². The molecule has 152 valence electrons. The summed E-state index contributed by atoms with van der Waals surface area (Å²) in [6, 6.07) is 13.7. The lowest BCUT2D eigenvalue weighted by Gasteiger charge is -2.19. The molecule has 8 heteroatoms. The Morgan fingerprint density at radius 2 is 1.90 bits per heavy atom. The minimum absolute atomic E-state index is 0.421. The highest BCUT2D eigenvalue weighted by molar-refractivity contribution is 6.30. The molecule has 1 atom stereocenters. The Morgan fingerprint density at radius 3 is 2.60 bits per heavy atom. The van der Waals surface area contributed by atoms with E-state index >= 15 is 0 Å². The third-order valence-electron chi connectivity index (χ3n) is 4.48. The third kappa shape index (κ3) is 4.52. The summed E-state index contributed by atoms with van der Waals surface area (Å²) in [5.74, 6) is -0.0106. The van der Waals surface area contributed by atoms with E-state index in [1.54, 1.807) is 36.4 Å². The minimum Gasteiger partial charge on any atom is -0.467 e. The van der Waals surface area contributed by atoms with Crippen LogP contribution < -0.4 is 0 Å². The van der Waals surface area contributed by atoms with Crippen molar-refractivity contribution in [1.29, 1.82) is 0 Å². The number of halogens is 1. The van der Waals surface area contributed by atoms with Crippen LogP contribution in [0.1, 0.15) is 29.5 Å². The van der Waals surface area contributed by atoms with Crippen LogP contribution >= 0.6 is 11.6 Å². The summed E-state index contributed by atoms with van der Waals surface area (Å²) in [6.07, 6.45) is 6.16. The molecule has 1 amide bonds. The van der Waals surface area contributed by atoms with Crippen molar-refractivity contribution < 1.29 is 23.2 Å². The average molecular weight is 425 g/mol. The van der Waals surface area contributed by atoms with Crippen LogP contribution in [-0.4, -0.2) is 29.2 Å². The van der Waals surface area contributed by atoms with Gasteiger partial charge in [0.05, 0.1) is 18.2 Å². The molecule has 1 aliphatic rings. The molecule has 3 aromatic rings. The second kappa shape index (κ2) is 8.84. The van der Waals surface area contributed by atoms with Gasteiger partial charge >= 0.3 is 5.97 Å². The van der Waals surface area contributed by atoms with Crippen molar-refractivity contribution in [3.8, 4) is 0 Å². The number of amides is 1. The van der Waals surface area contributed by atoms with Gasteiger partial charge in [-0.1, -0.05) is 23.7 Å². The van der Waals surface area contributed by atoms with Gasteiger partial charge in [-0.05, 0) is 48.0 Å². The van der Waals surface area contributed by atoms with E-state index in [0.29, 0.717) is 28.7 Å². The van der Waals surface area contributed by atoms with Gasteiger partial charge in [0, 0.05) is 17.5 Å². The first kappa shape index (κ1) is 19.7. The van der Waals surface area contributed by atoms with E-state index in [2.05, 4.69) is 5.10 Å². The quantitative estimate of drug-likeness (QED) is 0.430. The lowest BCUT2D eigenvalue weighted by Crippen LogP contribution is -2.31. The number of hydrogen-bond acceptors (Lipinski definition) is 6. The Morgan fingerprint density at radius 1 is 1.13 bits per heavy atom.